The van der Waals surface area contributed by atoms with Gasteiger partial charge in [-0.1, -0.05) is 42.5 Å². The maximum atomic E-state index is 13.1. The number of benzene rings is 2. The van der Waals surface area contributed by atoms with Gasteiger partial charge in [-0.15, -0.1) is 0 Å². The second-order valence-corrected chi connectivity index (χ2v) is 7.51. The van der Waals surface area contributed by atoms with Crippen LogP contribution >= 0.6 is 0 Å². The summed E-state index contributed by atoms with van der Waals surface area (Å²) >= 11 is 0. The van der Waals surface area contributed by atoms with E-state index in [1.54, 1.807) is 24.3 Å². The van der Waals surface area contributed by atoms with Gasteiger partial charge in [0, 0.05) is 12.6 Å². The number of ether oxygens (including phenoxy) is 1. The Bertz CT molecular complexity index is 773. The molecule has 122 valence electrons. The molecule has 0 saturated carbocycles. The first-order valence-corrected chi connectivity index (χ1v) is 8.97. The van der Waals surface area contributed by atoms with Gasteiger partial charge in [0.05, 0.1) is 18.4 Å². The highest BCUT2D eigenvalue weighted by Gasteiger charge is 2.36. The summed E-state index contributed by atoms with van der Waals surface area (Å²) in [6.07, 6.45) is -0.0409. The zero-order valence-electron chi connectivity index (χ0n) is 12.9. The Labute approximate surface area is 136 Å². The minimum absolute atomic E-state index is 0.0409. The first kappa shape index (κ1) is 16.0. The fourth-order valence-electron chi connectivity index (χ4n) is 2.58. The second kappa shape index (κ2) is 6.31. The standard InChI is InChI=1S/C17H20N2O3S/c1-13(14-7-3-2-4-8-14)19(11-15-12-22-15)23(20,21)17-10-6-5-9-16(17)18/h2-10,13,15H,11-12,18H2,1H3. The molecule has 3 rings (SSSR count). The molecule has 2 aromatic rings. The fraction of sp³-hybridized carbons (Fsp3) is 0.294. The normalized spacial score (nSPS) is 18.8. The van der Waals surface area contributed by atoms with Gasteiger partial charge in [-0.3, -0.25) is 0 Å². The minimum Gasteiger partial charge on any atom is -0.398 e. The summed E-state index contributed by atoms with van der Waals surface area (Å²) in [5, 5.41) is 0. The van der Waals surface area contributed by atoms with Crippen molar-refractivity contribution >= 4 is 15.7 Å². The molecule has 0 spiro atoms. The van der Waals surface area contributed by atoms with E-state index in [1.807, 2.05) is 37.3 Å². The van der Waals surface area contributed by atoms with E-state index in [4.69, 9.17) is 10.5 Å². The van der Waals surface area contributed by atoms with E-state index in [0.717, 1.165) is 5.56 Å². The molecule has 1 aliphatic rings. The maximum Gasteiger partial charge on any atom is 0.245 e. The lowest BCUT2D eigenvalue weighted by molar-refractivity contribution is 0.295. The Morgan fingerprint density at radius 1 is 1.17 bits per heavy atom. The quantitative estimate of drug-likeness (QED) is 0.651. The Morgan fingerprint density at radius 2 is 1.78 bits per heavy atom. The van der Waals surface area contributed by atoms with Crippen molar-refractivity contribution in [3.63, 3.8) is 0 Å². The molecule has 2 N–H and O–H groups in total. The molecule has 2 unspecified atom stereocenters. The number of hydrogen-bond acceptors (Lipinski definition) is 4. The molecular weight excluding hydrogens is 312 g/mol. The molecule has 0 amide bonds. The van der Waals surface area contributed by atoms with Crippen molar-refractivity contribution in [1.29, 1.82) is 0 Å². The first-order chi connectivity index (χ1) is 11.0. The highest BCUT2D eigenvalue weighted by atomic mass is 32.2. The van der Waals surface area contributed by atoms with Gasteiger partial charge in [-0.25, -0.2) is 8.42 Å². The molecule has 2 aromatic carbocycles. The van der Waals surface area contributed by atoms with Gasteiger partial charge in [-0.05, 0) is 24.6 Å². The summed E-state index contributed by atoms with van der Waals surface area (Å²) in [5.74, 6) is 0. The zero-order chi connectivity index (χ0) is 16.4. The molecule has 1 aliphatic heterocycles. The Kier molecular flexibility index (Phi) is 4.39. The second-order valence-electron chi connectivity index (χ2n) is 5.65. The molecule has 1 heterocycles. The van der Waals surface area contributed by atoms with E-state index >= 15 is 0 Å². The number of nitrogens with two attached hydrogens (primary N) is 1. The van der Waals surface area contributed by atoms with Crippen molar-refractivity contribution in [1.82, 2.24) is 4.31 Å². The van der Waals surface area contributed by atoms with Crippen LogP contribution in [0.4, 0.5) is 5.69 Å². The summed E-state index contributed by atoms with van der Waals surface area (Å²) in [4.78, 5) is 0.142. The third kappa shape index (κ3) is 3.39. The topological polar surface area (TPSA) is 75.9 Å². The van der Waals surface area contributed by atoms with E-state index < -0.39 is 10.0 Å². The molecular formula is C17H20N2O3S. The van der Waals surface area contributed by atoms with Crippen molar-refractivity contribution < 1.29 is 13.2 Å². The van der Waals surface area contributed by atoms with Crippen LogP contribution in [0.25, 0.3) is 0 Å². The SMILES string of the molecule is CC(c1ccccc1)N(CC1CO1)S(=O)(=O)c1ccccc1N. The number of epoxide rings is 1. The van der Waals surface area contributed by atoms with Crippen LogP contribution in [-0.2, 0) is 14.8 Å². The Balaban J connectivity index is 2.00. The molecule has 1 fully saturated rings. The van der Waals surface area contributed by atoms with Crippen LogP contribution in [-0.4, -0.2) is 32.0 Å². The molecule has 0 bridgehead atoms. The van der Waals surface area contributed by atoms with Crippen molar-refractivity contribution in [3.05, 3.63) is 60.2 Å². The van der Waals surface area contributed by atoms with E-state index in [2.05, 4.69) is 0 Å². The number of hydrogen-bond donors (Lipinski definition) is 1. The number of sulfonamides is 1. The summed E-state index contributed by atoms with van der Waals surface area (Å²) in [5.41, 5.74) is 7.09. The van der Waals surface area contributed by atoms with Crippen LogP contribution in [0.15, 0.2) is 59.5 Å². The van der Waals surface area contributed by atoms with Gasteiger partial charge < -0.3 is 10.5 Å². The van der Waals surface area contributed by atoms with Crippen molar-refractivity contribution in [2.45, 2.75) is 24.0 Å². The third-order valence-electron chi connectivity index (χ3n) is 4.01. The summed E-state index contributed by atoms with van der Waals surface area (Å²) in [7, 11) is -3.71. The lowest BCUT2D eigenvalue weighted by Gasteiger charge is -2.28. The number of anilines is 1. The van der Waals surface area contributed by atoms with Gasteiger partial charge in [0.25, 0.3) is 0 Å². The van der Waals surface area contributed by atoms with Crippen molar-refractivity contribution in [2.75, 3.05) is 18.9 Å². The van der Waals surface area contributed by atoms with Crippen molar-refractivity contribution in [2.24, 2.45) is 0 Å². The van der Waals surface area contributed by atoms with E-state index in [1.165, 1.54) is 4.31 Å². The number of rotatable bonds is 6. The van der Waals surface area contributed by atoms with Crippen LogP contribution in [0.5, 0.6) is 0 Å². The highest BCUT2D eigenvalue weighted by molar-refractivity contribution is 7.89. The molecule has 0 aliphatic carbocycles. The maximum absolute atomic E-state index is 13.1. The molecule has 2 atom stereocenters. The van der Waals surface area contributed by atoms with Gasteiger partial charge in [-0.2, -0.15) is 4.31 Å². The van der Waals surface area contributed by atoms with Gasteiger partial charge in [0.15, 0.2) is 0 Å². The predicted molar refractivity (Wildman–Crippen MR) is 89.3 cm³/mol. The van der Waals surface area contributed by atoms with Gasteiger partial charge in [0.2, 0.25) is 10.0 Å². The summed E-state index contributed by atoms with van der Waals surface area (Å²) < 4.78 is 33.0. The Morgan fingerprint density at radius 3 is 2.39 bits per heavy atom. The average molecular weight is 332 g/mol. The van der Waals surface area contributed by atoms with E-state index in [9.17, 15) is 8.42 Å². The minimum atomic E-state index is -3.71. The average Bonchev–Trinajstić information content (AvgIpc) is 3.37. The number of para-hydroxylation sites is 1. The fourth-order valence-corrected chi connectivity index (χ4v) is 4.35. The predicted octanol–water partition coefficient (Wildman–Crippen LogP) is 2.42. The van der Waals surface area contributed by atoms with Gasteiger partial charge in [0.1, 0.15) is 4.90 Å². The van der Waals surface area contributed by atoms with Crippen LogP contribution in [0.3, 0.4) is 0 Å². The van der Waals surface area contributed by atoms with E-state index in [-0.39, 0.29) is 22.7 Å². The van der Waals surface area contributed by atoms with E-state index in [0.29, 0.717) is 13.2 Å². The lowest BCUT2D eigenvalue weighted by atomic mass is 10.1. The lowest BCUT2D eigenvalue weighted by Crippen LogP contribution is -2.37. The monoisotopic (exact) mass is 332 g/mol. The summed E-state index contributed by atoms with van der Waals surface area (Å²) in [6.45, 7) is 2.80. The van der Waals surface area contributed by atoms with Crippen LogP contribution < -0.4 is 5.73 Å². The first-order valence-electron chi connectivity index (χ1n) is 7.53. The largest absolute Gasteiger partial charge is 0.398 e. The molecule has 6 heteroatoms. The molecule has 0 radical (unpaired) electrons. The third-order valence-corrected chi connectivity index (χ3v) is 6.02. The Hall–Kier alpha value is -1.89. The molecule has 1 saturated heterocycles. The zero-order valence-corrected chi connectivity index (χ0v) is 13.7. The molecule has 23 heavy (non-hydrogen) atoms. The van der Waals surface area contributed by atoms with Crippen molar-refractivity contribution in [3.8, 4) is 0 Å². The number of nitrogen functional groups attached to an aromatic ring is 1. The molecule has 5 nitrogen and oxygen atoms in total. The highest BCUT2D eigenvalue weighted by Crippen LogP contribution is 2.31. The molecule has 0 aromatic heterocycles. The number of nitrogens with zero attached hydrogens (tertiary/aromatic N) is 1. The van der Waals surface area contributed by atoms with Gasteiger partial charge >= 0.3 is 0 Å². The van der Waals surface area contributed by atoms with Crippen LogP contribution in [0, 0.1) is 0 Å². The summed E-state index contributed by atoms with van der Waals surface area (Å²) in [6, 6.07) is 15.8. The van der Waals surface area contributed by atoms with Crippen LogP contribution in [0.1, 0.15) is 18.5 Å². The van der Waals surface area contributed by atoms with Crippen LogP contribution in [0.2, 0.25) is 0 Å². The smallest absolute Gasteiger partial charge is 0.245 e.